The highest BCUT2D eigenvalue weighted by Gasteiger charge is 2.32. The average Bonchev–Trinajstić information content (AvgIpc) is 2.98. The van der Waals surface area contributed by atoms with Crippen molar-refractivity contribution < 1.29 is 28.5 Å². The normalized spacial score (nSPS) is 14.0. The van der Waals surface area contributed by atoms with E-state index >= 15 is 0 Å². The molecule has 0 N–H and O–H groups in total. The summed E-state index contributed by atoms with van der Waals surface area (Å²) in [5.41, 5.74) is 1.16. The van der Waals surface area contributed by atoms with Crippen molar-refractivity contribution in [3.63, 3.8) is 0 Å². The van der Waals surface area contributed by atoms with Gasteiger partial charge in [-0.05, 0) is 32.0 Å². The molecule has 0 saturated heterocycles. The Balaban J connectivity index is 1.52. The molecule has 3 rings (SSSR count). The Kier molecular flexibility index (Phi) is 5.35. The molecule has 0 amide bonds. The Morgan fingerprint density at radius 3 is 2.67 bits per heavy atom. The third-order valence-corrected chi connectivity index (χ3v) is 4.16. The van der Waals surface area contributed by atoms with E-state index < -0.39 is 5.97 Å². The number of carbonyl (C=O) groups excluding carboxylic acids is 2. The number of ketones is 1. The van der Waals surface area contributed by atoms with Gasteiger partial charge in [0.1, 0.15) is 11.4 Å². The van der Waals surface area contributed by atoms with E-state index in [1.807, 2.05) is 26.0 Å². The Morgan fingerprint density at radius 2 is 1.89 bits per heavy atom. The first-order valence-corrected chi connectivity index (χ1v) is 8.64. The zero-order valence-electron chi connectivity index (χ0n) is 15.6. The summed E-state index contributed by atoms with van der Waals surface area (Å²) in [7, 11) is 1.52. The van der Waals surface area contributed by atoms with Crippen molar-refractivity contribution in [3.8, 4) is 17.2 Å². The van der Waals surface area contributed by atoms with Crippen LogP contribution in [-0.4, -0.2) is 37.7 Å². The van der Waals surface area contributed by atoms with Crippen LogP contribution in [0.15, 0.2) is 42.5 Å². The molecule has 6 heteroatoms. The van der Waals surface area contributed by atoms with Gasteiger partial charge in [-0.2, -0.15) is 0 Å². The van der Waals surface area contributed by atoms with E-state index in [1.54, 1.807) is 30.3 Å². The number of hydrogen-bond acceptors (Lipinski definition) is 6. The lowest BCUT2D eigenvalue weighted by molar-refractivity contribution is -0.144. The van der Waals surface area contributed by atoms with Gasteiger partial charge in [-0.15, -0.1) is 0 Å². The van der Waals surface area contributed by atoms with E-state index in [0.717, 1.165) is 12.0 Å². The molecule has 6 nitrogen and oxygen atoms in total. The molecular formula is C21H22O6. The molecule has 1 aliphatic heterocycles. The average molecular weight is 370 g/mol. The van der Waals surface area contributed by atoms with Gasteiger partial charge >= 0.3 is 5.97 Å². The third kappa shape index (κ3) is 4.58. The molecule has 27 heavy (non-hydrogen) atoms. The van der Waals surface area contributed by atoms with Crippen molar-refractivity contribution in [1.29, 1.82) is 0 Å². The number of para-hydroxylation sites is 1. The second kappa shape index (κ2) is 7.70. The van der Waals surface area contributed by atoms with Gasteiger partial charge in [0.05, 0.1) is 7.11 Å². The molecule has 0 fully saturated rings. The summed E-state index contributed by atoms with van der Waals surface area (Å²) in [6, 6.07) is 12.3. The molecule has 0 aliphatic carbocycles. The quantitative estimate of drug-likeness (QED) is 0.551. The van der Waals surface area contributed by atoms with Crippen LogP contribution in [-0.2, 0) is 16.0 Å². The first-order chi connectivity index (χ1) is 12.9. The number of rotatable bonds is 7. The molecule has 142 valence electrons. The van der Waals surface area contributed by atoms with Gasteiger partial charge < -0.3 is 18.9 Å². The minimum atomic E-state index is -0.624. The standard InChI is InChI=1S/C21H22O6/c1-21(2)11-15-7-5-9-18(20(15)27-21)25-13-19(23)26-12-17(22)14-6-4-8-16(10-14)24-3/h4-10H,11-13H2,1-3H3. The lowest BCUT2D eigenvalue weighted by Gasteiger charge is -2.18. The largest absolute Gasteiger partial charge is 0.497 e. The molecule has 0 spiro atoms. The van der Waals surface area contributed by atoms with Crippen LogP contribution < -0.4 is 14.2 Å². The fraction of sp³-hybridized carbons (Fsp3) is 0.333. The molecular weight excluding hydrogens is 348 g/mol. The molecule has 0 saturated carbocycles. The predicted molar refractivity (Wildman–Crippen MR) is 98.6 cm³/mol. The summed E-state index contributed by atoms with van der Waals surface area (Å²) in [5.74, 6) is 0.780. The summed E-state index contributed by atoms with van der Waals surface area (Å²) >= 11 is 0. The van der Waals surface area contributed by atoms with E-state index in [4.69, 9.17) is 18.9 Å². The molecule has 0 bridgehead atoms. The van der Waals surface area contributed by atoms with E-state index in [2.05, 4.69) is 0 Å². The van der Waals surface area contributed by atoms with Crippen LogP contribution in [0.3, 0.4) is 0 Å². The third-order valence-electron chi connectivity index (χ3n) is 4.16. The lowest BCUT2D eigenvalue weighted by Crippen LogP contribution is -2.25. The number of carbonyl (C=O) groups is 2. The highest BCUT2D eigenvalue weighted by Crippen LogP contribution is 2.41. The first-order valence-electron chi connectivity index (χ1n) is 8.64. The van der Waals surface area contributed by atoms with Crippen LogP contribution >= 0.6 is 0 Å². The highest BCUT2D eigenvalue weighted by molar-refractivity contribution is 5.98. The molecule has 1 heterocycles. The van der Waals surface area contributed by atoms with Crippen LogP contribution in [0.5, 0.6) is 17.2 Å². The monoisotopic (exact) mass is 370 g/mol. The molecule has 0 unspecified atom stereocenters. The maximum Gasteiger partial charge on any atom is 0.344 e. The van der Waals surface area contributed by atoms with Crippen molar-refractivity contribution in [3.05, 3.63) is 53.6 Å². The van der Waals surface area contributed by atoms with E-state index in [0.29, 0.717) is 22.8 Å². The smallest absolute Gasteiger partial charge is 0.344 e. The van der Waals surface area contributed by atoms with E-state index in [9.17, 15) is 9.59 Å². The van der Waals surface area contributed by atoms with E-state index in [1.165, 1.54) is 7.11 Å². The molecule has 1 aliphatic rings. The van der Waals surface area contributed by atoms with Gasteiger partial charge in [0.2, 0.25) is 0 Å². The lowest BCUT2D eigenvalue weighted by atomic mass is 10.0. The van der Waals surface area contributed by atoms with Crippen molar-refractivity contribution >= 4 is 11.8 Å². The Labute approximate surface area is 158 Å². The van der Waals surface area contributed by atoms with Gasteiger partial charge in [0.25, 0.3) is 0 Å². The summed E-state index contributed by atoms with van der Waals surface area (Å²) in [4.78, 5) is 24.1. The first kappa shape index (κ1) is 18.8. The molecule has 2 aromatic carbocycles. The number of fused-ring (bicyclic) bond motifs is 1. The van der Waals surface area contributed by atoms with Crippen molar-refractivity contribution in [1.82, 2.24) is 0 Å². The fourth-order valence-electron chi connectivity index (χ4n) is 2.91. The van der Waals surface area contributed by atoms with Crippen LogP contribution in [0.4, 0.5) is 0 Å². The van der Waals surface area contributed by atoms with Gasteiger partial charge in [-0.1, -0.05) is 24.3 Å². The van der Waals surface area contributed by atoms with E-state index in [-0.39, 0.29) is 24.6 Å². The van der Waals surface area contributed by atoms with Gasteiger partial charge in [-0.25, -0.2) is 4.79 Å². The Hall–Kier alpha value is -3.02. The van der Waals surface area contributed by atoms with Crippen LogP contribution in [0, 0.1) is 0 Å². The van der Waals surface area contributed by atoms with Crippen LogP contribution in [0.1, 0.15) is 29.8 Å². The molecule has 0 radical (unpaired) electrons. The van der Waals surface area contributed by atoms with Crippen molar-refractivity contribution in [2.24, 2.45) is 0 Å². The topological polar surface area (TPSA) is 71.1 Å². The summed E-state index contributed by atoms with van der Waals surface area (Å²) in [6.45, 7) is 3.34. The molecule has 0 atom stereocenters. The highest BCUT2D eigenvalue weighted by atomic mass is 16.6. The maximum absolute atomic E-state index is 12.1. The second-order valence-corrected chi connectivity index (χ2v) is 6.89. The zero-order valence-corrected chi connectivity index (χ0v) is 15.6. The number of esters is 1. The summed E-state index contributed by atoms with van der Waals surface area (Å²) in [5, 5.41) is 0. The number of Topliss-reactive ketones (excluding diaryl/α,β-unsaturated/α-hetero) is 1. The van der Waals surface area contributed by atoms with Crippen molar-refractivity contribution in [2.75, 3.05) is 20.3 Å². The Morgan fingerprint density at radius 1 is 1.11 bits per heavy atom. The van der Waals surface area contributed by atoms with Crippen LogP contribution in [0.25, 0.3) is 0 Å². The predicted octanol–water partition coefficient (Wildman–Crippen LogP) is 3.21. The Bertz CT molecular complexity index is 856. The molecule has 0 aromatic heterocycles. The fourth-order valence-corrected chi connectivity index (χ4v) is 2.91. The SMILES string of the molecule is COc1cccc(C(=O)COC(=O)COc2cccc3c2OC(C)(C)C3)c1. The number of hydrogen-bond donors (Lipinski definition) is 0. The minimum Gasteiger partial charge on any atom is -0.497 e. The summed E-state index contributed by atoms with van der Waals surface area (Å²) < 4.78 is 21.5. The summed E-state index contributed by atoms with van der Waals surface area (Å²) in [6.07, 6.45) is 0.777. The van der Waals surface area contributed by atoms with Gasteiger partial charge in [0, 0.05) is 17.5 Å². The number of methoxy groups -OCH3 is 1. The molecule has 2 aromatic rings. The maximum atomic E-state index is 12.1. The van der Waals surface area contributed by atoms with Crippen LogP contribution in [0.2, 0.25) is 0 Å². The van der Waals surface area contributed by atoms with Gasteiger partial charge in [0.15, 0.2) is 30.5 Å². The zero-order chi connectivity index (χ0) is 19.4. The number of ether oxygens (including phenoxy) is 4. The number of benzene rings is 2. The van der Waals surface area contributed by atoms with Crippen molar-refractivity contribution in [2.45, 2.75) is 25.9 Å². The minimum absolute atomic E-state index is 0.300. The second-order valence-electron chi connectivity index (χ2n) is 6.89. The van der Waals surface area contributed by atoms with Gasteiger partial charge in [-0.3, -0.25) is 4.79 Å².